The number of nitrogen functional groups attached to an aromatic ring is 1. The summed E-state index contributed by atoms with van der Waals surface area (Å²) in [5.74, 6) is -1.03. The third-order valence-electron chi connectivity index (χ3n) is 2.86. The molecular formula is C14H15N3O2. The molecule has 0 atom stereocenters. The van der Waals surface area contributed by atoms with Crippen LogP contribution in [0.3, 0.4) is 0 Å². The molecule has 1 heterocycles. The maximum absolute atomic E-state index is 11.0. The van der Waals surface area contributed by atoms with Crippen molar-refractivity contribution < 1.29 is 9.90 Å². The number of benzene rings is 1. The number of carbonyl (C=O) groups is 1. The number of hydrogen-bond acceptors (Lipinski definition) is 4. The summed E-state index contributed by atoms with van der Waals surface area (Å²) in [6.45, 7) is 2.52. The van der Waals surface area contributed by atoms with E-state index in [4.69, 9.17) is 10.8 Å². The lowest BCUT2D eigenvalue weighted by Gasteiger charge is -2.09. The highest BCUT2D eigenvalue weighted by molar-refractivity contribution is 5.94. The Morgan fingerprint density at radius 2 is 2.21 bits per heavy atom. The first-order chi connectivity index (χ1) is 9.08. The van der Waals surface area contributed by atoms with Crippen molar-refractivity contribution >= 4 is 17.3 Å². The molecule has 0 spiro atoms. The van der Waals surface area contributed by atoms with Crippen molar-refractivity contribution in [1.82, 2.24) is 4.98 Å². The molecule has 0 saturated heterocycles. The summed E-state index contributed by atoms with van der Waals surface area (Å²) in [6, 6.07) is 8.72. The second kappa shape index (κ2) is 5.39. The van der Waals surface area contributed by atoms with Gasteiger partial charge in [0.1, 0.15) is 0 Å². The first kappa shape index (κ1) is 12.9. The zero-order valence-electron chi connectivity index (χ0n) is 10.6. The van der Waals surface area contributed by atoms with Gasteiger partial charge >= 0.3 is 5.97 Å². The van der Waals surface area contributed by atoms with Crippen LogP contribution in [0.4, 0.5) is 11.4 Å². The largest absolute Gasteiger partial charge is 0.478 e. The number of anilines is 2. The van der Waals surface area contributed by atoms with Crippen molar-refractivity contribution in [3.05, 3.63) is 53.3 Å². The van der Waals surface area contributed by atoms with Crippen molar-refractivity contribution in [2.24, 2.45) is 0 Å². The molecule has 0 bridgehead atoms. The Kier molecular flexibility index (Phi) is 3.66. The van der Waals surface area contributed by atoms with Gasteiger partial charge < -0.3 is 16.2 Å². The Morgan fingerprint density at radius 1 is 1.42 bits per heavy atom. The molecule has 5 heteroatoms. The number of hydrogen-bond donors (Lipinski definition) is 3. The Hall–Kier alpha value is -2.56. The number of pyridine rings is 1. The molecule has 0 saturated carbocycles. The van der Waals surface area contributed by atoms with Gasteiger partial charge in [-0.2, -0.15) is 0 Å². The Morgan fingerprint density at radius 3 is 2.89 bits per heavy atom. The first-order valence-corrected chi connectivity index (χ1v) is 5.85. The van der Waals surface area contributed by atoms with Crippen molar-refractivity contribution in [2.45, 2.75) is 13.5 Å². The van der Waals surface area contributed by atoms with E-state index in [2.05, 4.69) is 10.3 Å². The number of nitrogens with one attached hydrogen (secondary N) is 1. The van der Waals surface area contributed by atoms with Gasteiger partial charge in [-0.25, -0.2) is 4.79 Å². The van der Waals surface area contributed by atoms with Crippen molar-refractivity contribution in [1.29, 1.82) is 0 Å². The van der Waals surface area contributed by atoms with Gasteiger partial charge in [-0.3, -0.25) is 4.98 Å². The molecule has 19 heavy (non-hydrogen) atoms. The van der Waals surface area contributed by atoms with E-state index in [1.54, 1.807) is 18.3 Å². The summed E-state index contributed by atoms with van der Waals surface area (Å²) in [6.07, 6.45) is 1.73. The minimum Gasteiger partial charge on any atom is -0.478 e. The number of carboxylic acids is 1. The highest BCUT2D eigenvalue weighted by atomic mass is 16.4. The minimum atomic E-state index is -1.03. The van der Waals surface area contributed by atoms with Gasteiger partial charge in [-0.15, -0.1) is 0 Å². The summed E-state index contributed by atoms with van der Waals surface area (Å²) >= 11 is 0. The molecule has 2 rings (SSSR count). The van der Waals surface area contributed by atoms with Gasteiger partial charge in [-0.1, -0.05) is 6.07 Å². The molecular weight excluding hydrogens is 242 g/mol. The maximum Gasteiger partial charge on any atom is 0.337 e. The molecule has 1 aromatic carbocycles. The van der Waals surface area contributed by atoms with Crippen LogP contribution in [0.5, 0.6) is 0 Å². The topological polar surface area (TPSA) is 88.2 Å². The number of nitrogens with two attached hydrogens (primary N) is 1. The standard InChI is InChI=1S/C14H15N3O2/c1-9-3-2-6-16-13(9)8-17-10-4-5-12(15)11(7-10)14(18)19/h2-7,17H,8,15H2,1H3,(H,18,19). The number of aromatic nitrogens is 1. The summed E-state index contributed by atoms with van der Waals surface area (Å²) in [5.41, 5.74) is 8.68. The third kappa shape index (κ3) is 3.01. The molecule has 0 aliphatic heterocycles. The maximum atomic E-state index is 11.0. The molecule has 0 aliphatic carbocycles. The molecule has 1 aromatic heterocycles. The molecule has 0 aliphatic rings. The second-order valence-corrected chi connectivity index (χ2v) is 4.23. The smallest absolute Gasteiger partial charge is 0.337 e. The van der Waals surface area contributed by atoms with Gasteiger partial charge in [0.2, 0.25) is 0 Å². The summed E-state index contributed by atoms with van der Waals surface area (Å²) < 4.78 is 0. The van der Waals surface area contributed by atoms with Crippen LogP contribution in [0, 0.1) is 6.92 Å². The van der Waals surface area contributed by atoms with Crippen molar-refractivity contribution in [3.8, 4) is 0 Å². The fourth-order valence-corrected chi connectivity index (χ4v) is 1.74. The van der Waals surface area contributed by atoms with E-state index in [0.717, 1.165) is 11.3 Å². The van der Waals surface area contributed by atoms with E-state index in [0.29, 0.717) is 12.2 Å². The first-order valence-electron chi connectivity index (χ1n) is 5.85. The lowest BCUT2D eigenvalue weighted by Crippen LogP contribution is -2.06. The normalized spacial score (nSPS) is 10.2. The van der Waals surface area contributed by atoms with E-state index >= 15 is 0 Å². The Labute approximate surface area is 111 Å². The highest BCUT2D eigenvalue weighted by Crippen LogP contribution is 2.18. The lowest BCUT2D eigenvalue weighted by atomic mass is 10.1. The summed E-state index contributed by atoms with van der Waals surface area (Å²) in [7, 11) is 0. The highest BCUT2D eigenvalue weighted by Gasteiger charge is 2.08. The predicted octanol–water partition coefficient (Wildman–Crippen LogP) is 2.28. The lowest BCUT2D eigenvalue weighted by molar-refractivity contribution is 0.0698. The third-order valence-corrected chi connectivity index (χ3v) is 2.86. The summed E-state index contributed by atoms with van der Waals surface area (Å²) in [5, 5.41) is 12.1. The number of aromatic carboxylic acids is 1. The predicted molar refractivity (Wildman–Crippen MR) is 74.1 cm³/mol. The number of aryl methyl sites for hydroxylation is 1. The number of nitrogens with zero attached hydrogens (tertiary/aromatic N) is 1. The fourth-order valence-electron chi connectivity index (χ4n) is 1.74. The van der Waals surface area contributed by atoms with Crippen LogP contribution < -0.4 is 11.1 Å². The van der Waals surface area contributed by atoms with Gasteiger partial charge in [0.25, 0.3) is 0 Å². The molecule has 98 valence electrons. The average Bonchev–Trinajstić information content (AvgIpc) is 2.39. The van der Waals surface area contributed by atoms with Crippen molar-refractivity contribution in [3.63, 3.8) is 0 Å². The summed E-state index contributed by atoms with van der Waals surface area (Å²) in [4.78, 5) is 15.2. The number of carboxylic acid groups (broad SMARTS) is 1. The van der Waals surface area contributed by atoms with Crippen molar-refractivity contribution in [2.75, 3.05) is 11.1 Å². The molecule has 0 amide bonds. The zero-order chi connectivity index (χ0) is 13.8. The van der Waals surface area contributed by atoms with Crippen LogP contribution in [0.15, 0.2) is 36.5 Å². The van der Waals surface area contributed by atoms with Gasteiger partial charge in [0, 0.05) is 17.6 Å². The van der Waals surface area contributed by atoms with Gasteiger partial charge in [0.15, 0.2) is 0 Å². The molecule has 0 unspecified atom stereocenters. The molecule has 2 aromatic rings. The van der Waals surface area contributed by atoms with Crippen LogP contribution in [0.2, 0.25) is 0 Å². The van der Waals surface area contributed by atoms with E-state index in [1.165, 1.54) is 6.07 Å². The molecule has 0 radical (unpaired) electrons. The Bertz CT molecular complexity index is 611. The average molecular weight is 257 g/mol. The van der Waals surface area contributed by atoms with Crippen LogP contribution in [0.25, 0.3) is 0 Å². The fraction of sp³-hybridized carbons (Fsp3) is 0.143. The Balaban J connectivity index is 2.14. The van der Waals surface area contributed by atoms with E-state index in [-0.39, 0.29) is 11.3 Å². The van der Waals surface area contributed by atoms with Crippen LogP contribution in [-0.2, 0) is 6.54 Å². The van der Waals surface area contributed by atoms with Crippen LogP contribution in [0.1, 0.15) is 21.6 Å². The molecule has 5 nitrogen and oxygen atoms in total. The van der Waals surface area contributed by atoms with E-state index < -0.39 is 5.97 Å². The quantitative estimate of drug-likeness (QED) is 0.731. The van der Waals surface area contributed by atoms with E-state index in [9.17, 15) is 4.79 Å². The second-order valence-electron chi connectivity index (χ2n) is 4.23. The SMILES string of the molecule is Cc1cccnc1CNc1ccc(N)c(C(=O)O)c1. The molecule has 0 fully saturated rings. The van der Waals surface area contributed by atoms with Gasteiger partial charge in [-0.05, 0) is 36.8 Å². The number of rotatable bonds is 4. The minimum absolute atomic E-state index is 0.0998. The van der Waals surface area contributed by atoms with Crippen LogP contribution >= 0.6 is 0 Å². The molecule has 4 N–H and O–H groups in total. The van der Waals surface area contributed by atoms with E-state index in [1.807, 2.05) is 19.1 Å². The van der Waals surface area contributed by atoms with Gasteiger partial charge in [0.05, 0.1) is 17.8 Å². The zero-order valence-corrected chi connectivity index (χ0v) is 10.6. The van der Waals surface area contributed by atoms with Crippen LogP contribution in [-0.4, -0.2) is 16.1 Å². The monoisotopic (exact) mass is 257 g/mol.